The van der Waals surface area contributed by atoms with Gasteiger partial charge in [0.1, 0.15) is 23.6 Å². The summed E-state index contributed by atoms with van der Waals surface area (Å²) < 4.78 is 36.3. The van der Waals surface area contributed by atoms with E-state index in [2.05, 4.69) is 5.32 Å². The summed E-state index contributed by atoms with van der Waals surface area (Å²) in [5.41, 5.74) is -0.846. The van der Waals surface area contributed by atoms with E-state index in [4.69, 9.17) is 9.47 Å². The fraction of sp³-hybridized carbons (Fsp3) is 0.533. The van der Waals surface area contributed by atoms with Crippen molar-refractivity contribution in [2.45, 2.75) is 38.6 Å². The van der Waals surface area contributed by atoms with E-state index in [1.807, 2.05) is 0 Å². The molecule has 3 N–H and O–H groups in total. The van der Waals surface area contributed by atoms with Gasteiger partial charge in [-0.2, -0.15) is 0 Å². The highest BCUT2D eigenvalue weighted by molar-refractivity contribution is 5.67. The van der Waals surface area contributed by atoms with Gasteiger partial charge >= 0.3 is 6.09 Å². The van der Waals surface area contributed by atoms with Gasteiger partial charge in [-0.25, -0.2) is 13.6 Å². The molecule has 0 aromatic heterocycles. The Hall–Kier alpha value is -1.93. The van der Waals surface area contributed by atoms with Crippen molar-refractivity contribution in [2.75, 3.05) is 13.7 Å². The van der Waals surface area contributed by atoms with Gasteiger partial charge in [0.05, 0.1) is 7.11 Å². The summed E-state index contributed by atoms with van der Waals surface area (Å²) in [7, 11) is 1.22. The van der Waals surface area contributed by atoms with Crippen LogP contribution in [0, 0.1) is 11.6 Å². The summed E-state index contributed by atoms with van der Waals surface area (Å²) >= 11 is 0. The first kappa shape index (κ1) is 19.1. The Bertz CT molecular complexity index is 560. The monoisotopic (exact) mass is 333 g/mol. The van der Waals surface area contributed by atoms with E-state index in [-0.39, 0.29) is 17.9 Å². The highest BCUT2D eigenvalue weighted by Crippen LogP contribution is 2.29. The zero-order valence-electron chi connectivity index (χ0n) is 13.4. The summed E-state index contributed by atoms with van der Waals surface area (Å²) in [6.45, 7) is 4.66. The SMILES string of the molecule is COc1cc(F)c(F)cc1C(O)C(O)CNC(=O)OC(C)(C)C. The number of carbonyl (C=O) groups is 1. The standard InChI is InChI=1S/C15H21F2NO5/c1-15(2,3)23-14(21)18-7-11(19)13(20)8-5-9(16)10(17)6-12(8)22-4/h5-6,11,13,19-20H,7H2,1-4H3,(H,18,21). The van der Waals surface area contributed by atoms with Crippen molar-refractivity contribution < 1.29 is 33.3 Å². The highest BCUT2D eigenvalue weighted by atomic mass is 19.2. The van der Waals surface area contributed by atoms with Gasteiger partial charge in [0.15, 0.2) is 11.6 Å². The third kappa shape index (κ3) is 5.65. The highest BCUT2D eigenvalue weighted by Gasteiger charge is 2.25. The van der Waals surface area contributed by atoms with Gasteiger partial charge in [0.2, 0.25) is 0 Å². The Morgan fingerprint density at radius 1 is 1.26 bits per heavy atom. The number of aliphatic hydroxyl groups excluding tert-OH is 2. The molecule has 2 atom stereocenters. The molecule has 0 bridgehead atoms. The lowest BCUT2D eigenvalue weighted by atomic mass is 10.0. The Morgan fingerprint density at radius 3 is 2.35 bits per heavy atom. The van der Waals surface area contributed by atoms with Crippen molar-refractivity contribution in [2.24, 2.45) is 0 Å². The number of alkyl carbamates (subject to hydrolysis) is 1. The average Bonchev–Trinajstić information content (AvgIpc) is 2.44. The van der Waals surface area contributed by atoms with Crippen LogP contribution in [0.3, 0.4) is 0 Å². The third-order valence-corrected chi connectivity index (χ3v) is 2.81. The summed E-state index contributed by atoms with van der Waals surface area (Å²) in [4.78, 5) is 11.5. The molecule has 0 spiro atoms. The molecule has 8 heteroatoms. The number of aliphatic hydroxyl groups is 2. The van der Waals surface area contributed by atoms with Gasteiger partial charge in [-0.3, -0.25) is 0 Å². The summed E-state index contributed by atoms with van der Waals surface area (Å²) in [5, 5.41) is 22.2. The number of carbonyl (C=O) groups excluding carboxylic acids is 1. The number of nitrogens with one attached hydrogen (secondary N) is 1. The van der Waals surface area contributed by atoms with E-state index in [0.29, 0.717) is 0 Å². The number of rotatable bonds is 5. The molecule has 1 rings (SSSR count). The zero-order valence-corrected chi connectivity index (χ0v) is 13.4. The van der Waals surface area contributed by atoms with E-state index >= 15 is 0 Å². The first-order chi connectivity index (χ1) is 10.5. The maximum atomic E-state index is 13.3. The lowest BCUT2D eigenvalue weighted by Gasteiger charge is -2.23. The number of hydrogen-bond acceptors (Lipinski definition) is 5. The van der Waals surface area contributed by atoms with Gasteiger partial charge in [0, 0.05) is 18.2 Å². The number of benzene rings is 1. The van der Waals surface area contributed by atoms with Crippen LogP contribution < -0.4 is 10.1 Å². The molecule has 0 aliphatic carbocycles. The van der Waals surface area contributed by atoms with Crippen LogP contribution in [0.2, 0.25) is 0 Å². The lowest BCUT2D eigenvalue weighted by molar-refractivity contribution is 0.0117. The summed E-state index contributed by atoms with van der Waals surface area (Å²) in [6, 6.07) is 1.50. The van der Waals surface area contributed by atoms with Gasteiger partial charge in [0.25, 0.3) is 0 Å². The van der Waals surface area contributed by atoms with Crippen molar-refractivity contribution in [3.05, 3.63) is 29.3 Å². The minimum Gasteiger partial charge on any atom is -0.496 e. The van der Waals surface area contributed by atoms with Crippen LogP contribution in [0.15, 0.2) is 12.1 Å². The molecule has 0 heterocycles. The Balaban J connectivity index is 2.75. The van der Waals surface area contributed by atoms with Crippen LogP contribution in [0.4, 0.5) is 13.6 Å². The number of amides is 1. The van der Waals surface area contributed by atoms with Crippen LogP contribution in [0.25, 0.3) is 0 Å². The number of ether oxygens (including phenoxy) is 2. The van der Waals surface area contributed by atoms with Crippen LogP contribution >= 0.6 is 0 Å². The van der Waals surface area contributed by atoms with Crippen LogP contribution in [0.5, 0.6) is 5.75 Å². The molecule has 2 unspecified atom stereocenters. The molecular weight excluding hydrogens is 312 g/mol. The molecule has 6 nitrogen and oxygen atoms in total. The number of halogens is 2. The maximum Gasteiger partial charge on any atom is 0.407 e. The van der Waals surface area contributed by atoms with E-state index in [1.165, 1.54) is 7.11 Å². The van der Waals surface area contributed by atoms with Gasteiger partial charge in [-0.05, 0) is 26.8 Å². The molecule has 0 aliphatic rings. The second kappa shape index (κ2) is 7.56. The topological polar surface area (TPSA) is 88.0 Å². The molecule has 0 radical (unpaired) electrons. The third-order valence-electron chi connectivity index (χ3n) is 2.81. The van der Waals surface area contributed by atoms with Crippen molar-refractivity contribution >= 4 is 6.09 Å². The maximum absolute atomic E-state index is 13.3. The lowest BCUT2D eigenvalue weighted by Crippen LogP contribution is -2.39. The molecule has 0 saturated carbocycles. The average molecular weight is 333 g/mol. The molecule has 0 saturated heterocycles. The first-order valence-corrected chi connectivity index (χ1v) is 6.91. The van der Waals surface area contributed by atoms with Gasteiger partial charge in [-0.15, -0.1) is 0 Å². The van der Waals surface area contributed by atoms with E-state index < -0.39 is 35.5 Å². The second-order valence-corrected chi connectivity index (χ2v) is 5.90. The van der Waals surface area contributed by atoms with E-state index in [1.54, 1.807) is 20.8 Å². The van der Waals surface area contributed by atoms with Gasteiger partial charge in [-0.1, -0.05) is 0 Å². The van der Waals surface area contributed by atoms with E-state index in [0.717, 1.165) is 12.1 Å². The normalized spacial score (nSPS) is 14.1. The van der Waals surface area contributed by atoms with Crippen LogP contribution in [-0.2, 0) is 4.74 Å². The molecular formula is C15H21F2NO5. The predicted octanol–water partition coefficient (Wildman–Crippen LogP) is 1.89. The largest absolute Gasteiger partial charge is 0.496 e. The number of hydrogen-bond donors (Lipinski definition) is 3. The van der Waals surface area contributed by atoms with Crippen molar-refractivity contribution in [1.82, 2.24) is 5.32 Å². The summed E-state index contributed by atoms with van der Waals surface area (Å²) in [5.74, 6) is -2.45. The minimum absolute atomic E-state index is 0.118. The zero-order chi connectivity index (χ0) is 17.8. The Labute approximate surface area is 133 Å². The molecule has 130 valence electrons. The Kier molecular flexibility index (Phi) is 6.28. The fourth-order valence-corrected chi connectivity index (χ4v) is 1.77. The fourth-order valence-electron chi connectivity index (χ4n) is 1.77. The summed E-state index contributed by atoms with van der Waals surface area (Å²) in [6.07, 6.45) is -3.84. The minimum atomic E-state index is -1.59. The van der Waals surface area contributed by atoms with Crippen LogP contribution in [-0.4, -0.2) is 41.7 Å². The quantitative estimate of drug-likeness (QED) is 0.766. The number of methoxy groups -OCH3 is 1. The van der Waals surface area contributed by atoms with Gasteiger partial charge < -0.3 is 25.0 Å². The van der Waals surface area contributed by atoms with E-state index in [9.17, 15) is 23.8 Å². The molecule has 1 amide bonds. The van der Waals surface area contributed by atoms with Crippen molar-refractivity contribution in [3.63, 3.8) is 0 Å². The smallest absolute Gasteiger partial charge is 0.407 e. The second-order valence-electron chi connectivity index (χ2n) is 5.90. The molecule has 1 aromatic carbocycles. The molecule has 0 aliphatic heterocycles. The Morgan fingerprint density at radius 2 is 1.83 bits per heavy atom. The molecule has 1 aromatic rings. The van der Waals surface area contributed by atoms with Crippen LogP contribution in [0.1, 0.15) is 32.4 Å². The molecule has 23 heavy (non-hydrogen) atoms. The van der Waals surface area contributed by atoms with Crippen molar-refractivity contribution in [1.29, 1.82) is 0 Å². The predicted molar refractivity (Wildman–Crippen MR) is 78.1 cm³/mol. The van der Waals surface area contributed by atoms with Crippen molar-refractivity contribution in [3.8, 4) is 5.75 Å². The first-order valence-electron chi connectivity index (χ1n) is 6.91. The molecule has 0 fully saturated rings.